The van der Waals surface area contributed by atoms with Crippen LogP contribution in [0.15, 0.2) is 23.1 Å². The van der Waals surface area contributed by atoms with E-state index in [1.54, 1.807) is 13.1 Å². The van der Waals surface area contributed by atoms with Gasteiger partial charge in [0.1, 0.15) is 6.04 Å². The number of aromatic amines is 1. The number of carboxylic acids is 1. The Morgan fingerprint density at radius 1 is 1.64 bits per heavy atom. The molecule has 0 saturated carbocycles. The lowest BCUT2D eigenvalue weighted by atomic mass is 10.1. The van der Waals surface area contributed by atoms with E-state index < -0.39 is 12.0 Å². The summed E-state index contributed by atoms with van der Waals surface area (Å²) < 4.78 is 0. The molecule has 3 N–H and O–H groups in total. The first kappa shape index (κ1) is 10.5. The Morgan fingerprint density at radius 2 is 2.36 bits per heavy atom. The first-order chi connectivity index (χ1) is 6.63. The largest absolute Gasteiger partial charge is 0.480 e. The molecular weight excluding hydrogens is 184 g/mol. The monoisotopic (exact) mass is 196 g/mol. The maximum absolute atomic E-state index is 10.7. The van der Waals surface area contributed by atoms with Crippen molar-refractivity contribution in [1.82, 2.24) is 10.3 Å². The lowest BCUT2D eigenvalue weighted by Crippen LogP contribution is -2.35. The van der Waals surface area contributed by atoms with Crippen LogP contribution in [0.2, 0.25) is 0 Å². The predicted molar refractivity (Wildman–Crippen MR) is 51.3 cm³/mol. The summed E-state index contributed by atoms with van der Waals surface area (Å²) in [5.41, 5.74) is 0.594. The molecule has 0 aromatic carbocycles. The number of aliphatic carboxylic acids is 1. The van der Waals surface area contributed by atoms with Crippen molar-refractivity contribution in [3.8, 4) is 0 Å². The number of likely N-dealkylation sites (N-methyl/N-ethyl adjacent to an activating group) is 1. The van der Waals surface area contributed by atoms with Crippen molar-refractivity contribution in [2.24, 2.45) is 0 Å². The van der Waals surface area contributed by atoms with Crippen LogP contribution >= 0.6 is 0 Å². The Morgan fingerprint density at radius 3 is 2.79 bits per heavy atom. The van der Waals surface area contributed by atoms with Gasteiger partial charge in [0.2, 0.25) is 5.56 Å². The van der Waals surface area contributed by atoms with Crippen LogP contribution in [0.5, 0.6) is 0 Å². The maximum atomic E-state index is 10.7. The molecule has 0 radical (unpaired) electrons. The third-order valence-corrected chi connectivity index (χ3v) is 1.93. The summed E-state index contributed by atoms with van der Waals surface area (Å²) in [7, 11) is 1.59. The van der Waals surface area contributed by atoms with E-state index in [0.29, 0.717) is 6.42 Å². The average Bonchev–Trinajstić information content (AvgIpc) is 2.16. The first-order valence-electron chi connectivity index (χ1n) is 4.21. The number of aromatic nitrogens is 1. The molecule has 5 nitrogen and oxygen atoms in total. The van der Waals surface area contributed by atoms with Crippen molar-refractivity contribution in [3.63, 3.8) is 0 Å². The van der Waals surface area contributed by atoms with Gasteiger partial charge in [-0.1, -0.05) is 6.07 Å². The van der Waals surface area contributed by atoms with E-state index in [4.69, 9.17) is 5.11 Å². The zero-order chi connectivity index (χ0) is 10.6. The zero-order valence-corrected chi connectivity index (χ0v) is 7.78. The van der Waals surface area contributed by atoms with Gasteiger partial charge >= 0.3 is 5.97 Å². The third kappa shape index (κ3) is 2.70. The molecule has 1 atom stereocenters. The molecule has 0 aliphatic carbocycles. The SMILES string of the molecule is CN[C@H](Cc1ccc(=O)[nH]c1)C(=O)O. The van der Waals surface area contributed by atoms with Gasteiger partial charge in [0.15, 0.2) is 0 Å². The fraction of sp³-hybridized carbons (Fsp3) is 0.333. The molecule has 76 valence electrons. The molecule has 1 rings (SSSR count). The van der Waals surface area contributed by atoms with Gasteiger partial charge in [-0.25, -0.2) is 0 Å². The number of pyridine rings is 1. The van der Waals surface area contributed by atoms with Crippen LogP contribution in [0.3, 0.4) is 0 Å². The molecule has 14 heavy (non-hydrogen) atoms. The van der Waals surface area contributed by atoms with Crippen molar-refractivity contribution in [2.45, 2.75) is 12.5 Å². The van der Waals surface area contributed by atoms with E-state index in [-0.39, 0.29) is 5.56 Å². The molecule has 5 heteroatoms. The zero-order valence-electron chi connectivity index (χ0n) is 7.78. The standard InChI is InChI=1S/C9H12N2O3/c1-10-7(9(13)14)4-6-2-3-8(12)11-5-6/h2-3,5,7,10H,4H2,1H3,(H,11,12)(H,13,14)/t7-/m1/s1. The highest BCUT2D eigenvalue weighted by atomic mass is 16.4. The number of hydrogen-bond acceptors (Lipinski definition) is 3. The Hall–Kier alpha value is -1.62. The highest BCUT2D eigenvalue weighted by Gasteiger charge is 2.14. The van der Waals surface area contributed by atoms with Crippen LogP contribution in [0.25, 0.3) is 0 Å². The van der Waals surface area contributed by atoms with Crippen LogP contribution in [-0.4, -0.2) is 29.1 Å². The van der Waals surface area contributed by atoms with Crippen LogP contribution in [0.4, 0.5) is 0 Å². The molecule has 0 fully saturated rings. The smallest absolute Gasteiger partial charge is 0.321 e. The number of rotatable bonds is 4. The Kier molecular flexibility index (Phi) is 3.41. The topological polar surface area (TPSA) is 82.2 Å². The van der Waals surface area contributed by atoms with Crippen molar-refractivity contribution in [2.75, 3.05) is 7.05 Å². The molecule has 1 heterocycles. The van der Waals surface area contributed by atoms with Gasteiger partial charge in [-0.15, -0.1) is 0 Å². The Balaban J connectivity index is 2.72. The van der Waals surface area contributed by atoms with Gasteiger partial charge in [0.05, 0.1) is 0 Å². The third-order valence-electron chi connectivity index (χ3n) is 1.93. The maximum Gasteiger partial charge on any atom is 0.321 e. The van der Waals surface area contributed by atoms with Gasteiger partial charge in [-0.05, 0) is 19.0 Å². The Bertz CT molecular complexity index is 352. The lowest BCUT2D eigenvalue weighted by Gasteiger charge is -2.10. The van der Waals surface area contributed by atoms with Gasteiger partial charge in [-0.2, -0.15) is 0 Å². The second-order valence-corrected chi connectivity index (χ2v) is 2.94. The number of carboxylic acid groups (broad SMARTS) is 1. The summed E-state index contributed by atoms with van der Waals surface area (Å²) >= 11 is 0. The Labute approximate surface area is 80.8 Å². The highest BCUT2D eigenvalue weighted by molar-refractivity contribution is 5.73. The predicted octanol–water partition coefficient (Wildman–Crippen LogP) is -0.410. The second-order valence-electron chi connectivity index (χ2n) is 2.94. The van der Waals surface area contributed by atoms with Crippen LogP contribution in [0.1, 0.15) is 5.56 Å². The van der Waals surface area contributed by atoms with Crippen molar-refractivity contribution in [3.05, 3.63) is 34.2 Å². The number of nitrogens with one attached hydrogen (secondary N) is 2. The van der Waals surface area contributed by atoms with E-state index in [0.717, 1.165) is 5.56 Å². The van der Waals surface area contributed by atoms with Crippen LogP contribution < -0.4 is 10.9 Å². The molecule has 0 aliphatic heterocycles. The van der Waals surface area contributed by atoms with E-state index in [2.05, 4.69) is 10.3 Å². The minimum Gasteiger partial charge on any atom is -0.480 e. The average molecular weight is 196 g/mol. The lowest BCUT2D eigenvalue weighted by molar-refractivity contribution is -0.139. The summed E-state index contributed by atoms with van der Waals surface area (Å²) in [6.07, 6.45) is 1.87. The normalized spacial score (nSPS) is 12.4. The van der Waals surface area contributed by atoms with E-state index in [1.165, 1.54) is 12.3 Å². The van der Waals surface area contributed by atoms with Gasteiger partial charge in [0.25, 0.3) is 0 Å². The molecule has 0 saturated heterocycles. The quantitative estimate of drug-likeness (QED) is 0.611. The number of H-pyrrole nitrogens is 1. The molecule has 0 aliphatic rings. The first-order valence-corrected chi connectivity index (χ1v) is 4.21. The van der Waals surface area contributed by atoms with E-state index >= 15 is 0 Å². The van der Waals surface area contributed by atoms with Gasteiger partial charge < -0.3 is 15.4 Å². The molecule has 0 spiro atoms. The number of carbonyl (C=O) groups is 1. The molecule has 0 bridgehead atoms. The molecule has 0 amide bonds. The fourth-order valence-corrected chi connectivity index (χ4v) is 1.12. The molecule has 1 aromatic heterocycles. The van der Waals surface area contributed by atoms with E-state index in [9.17, 15) is 9.59 Å². The summed E-state index contributed by atoms with van der Waals surface area (Å²) in [6, 6.07) is 2.37. The summed E-state index contributed by atoms with van der Waals surface area (Å²) in [6.45, 7) is 0. The van der Waals surface area contributed by atoms with Crippen molar-refractivity contribution < 1.29 is 9.90 Å². The highest BCUT2D eigenvalue weighted by Crippen LogP contribution is 1.99. The molecule has 0 unspecified atom stereocenters. The minimum atomic E-state index is -0.904. The van der Waals surface area contributed by atoms with Crippen LogP contribution in [-0.2, 0) is 11.2 Å². The molecular formula is C9H12N2O3. The van der Waals surface area contributed by atoms with Crippen molar-refractivity contribution in [1.29, 1.82) is 0 Å². The summed E-state index contributed by atoms with van der Waals surface area (Å²) in [5.74, 6) is -0.904. The van der Waals surface area contributed by atoms with Gasteiger partial charge in [0, 0.05) is 12.3 Å². The second kappa shape index (κ2) is 4.57. The number of hydrogen-bond donors (Lipinski definition) is 3. The van der Waals surface area contributed by atoms with E-state index in [1.807, 2.05) is 0 Å². The van der Waals surface area contributed by atoms with Crippen LogP contribution in [0, 0.1) is 0 Å². The summed E-state index contributed by atoms with van der Waals surface area (Å²) in [5, 5.41) is 11.4. The summed E-state index contributed by atoms with van der Waals surface area (Å²) in [4.78, 5) is 23.9. The van der Waals surface area contributed by atoms with Crippen molar-refractivity contribution >= 4 is 5.97 Å². The van der Waals surface area contributed by atoms with Gasteiger partial charge in [-0.3, -0.25) is 9.59 Å². The fourth-order valence-electron chi connectivity index (χ4n) is 1.12. The molecule has 1 aromatic rings. The minimum absolute atomic E-state index is 0.190.